The van der Waals surface area contributed by atoms with Crippen LogP contribution in [0.15, 0.2) is 18.2 Å². The minimum absolute atomic E-state index is 0.0982. The molecule has 3 heteroatoms. The summed E-state index contributed by atoms with van der Waals surface area (Å²) in [6, 6.07) is 4.58. The summed E-state index contributed by atoms with van der Waals surface area (Å²) in [5.74, 6) is -0.491. The van der Waals surface area contributed by atoms with E-state index in [0.717, 1.165) is 6.42 Å². The molecule has 0 aromatic heterocycles. The highest BCUT2D eigenvalue weighted by atomic mass is 19.1. The van der Waals surface area contributed by atoms with Gasteiger partial charge in [0.15, 0.2) is 6.29 Å². The first kappa shape index (κ1) is 11.9. The third-order valence-corrected chi connectivity index (χ3v) is 2.21. The standard InChI is InChI=1S/C12H15FO2/c1-3-7-15-9(2)10-5-4-6-12(13)11(10)8-14/h4-6,8-9H,3,7H2,1-2H3. The molecule has 1 rings (SSSR count). The van der Waals surface area contributed by atoms with Crippen molar-refractivity contribution in [2.75, 3.05) is 6.61 Å². The van der Waals surface area contributed by atoms with Gasteiger partial charge in [0.1, 0.15) is 5.82 Å². The van der Waals surface area contributed by atoms with E-state index < -0.39 is 5.82 Å². The van der Waals surface area contributed by atoms with Gasteiger partial charge >= 0.3 is 0 Å². The van der Waals surface area contributed by atoms with Crippen LogP contribution < -0.4 is 0 Å². The predicted molar refractivity (Wildman–Crippen MR) is 56.4 cm³/mol. The number of carbonyl (C=O) groups is 1. The molecule has 1 aromatic carbocycles. The van der Waals surface area contributed by atoms with Crippen molar-refractivity contribution in [2.24, 2.45) is 0 Å². The van der Waals surface area contributed by atoms with Crippen LogP contribution in [-0.4, -0.2) is 12.9 Å². The molecule has 0 fully saturated rings. The minimum Gasteiger partial charge on any atom is -0.374 e. The molecule has 0 bridgehead atoms. The second-order valence-corrected chi connectivity index (χ2v) is 3.37. The van der Waals surface area contributed by atoms with Gasteiger partial charge < -0.3 is 4.74 Å². The maximum absolute atomic E-state index is 13.2. The van der Waals surface area contributed by atoms with Gasteiger partial charge in [-0.05, 0) is 25.0 Å². The van der Waals surface area contributed by atoms with E-state index in [1.165, 1.54) is 6.07 Å². The highest BCUT2D eigenvalue weighted by molar-refractivity contribution is 5.77. The average molecular weight is 210 g/mol. The van der Waals surface area contributed by atoms with Crippen LogP contribution >= 0.6 is 0 Å². The molecule has 1 atom stereocenters. The lowest BCUT2D eigenvalue weighted by molar-refractivity contribution is 0.0652. The first-order valence-corrected chi connectivity index (χ1v) is 5.05. The summed E-state index contributed by atoms with van der Waals surface area (Å²) in [4.78, 5) is 10.7. The summed E-state index contributed by atoms with van der Waals surface area (Å²) < 4.78 is 18.7. The highest BCUT2D eigenvalue weighted by Gasteiger charge is 2.13. The Kier molecular flexibility index (Phi) is 4.43. The van der Waals surface area contributed by atoms with Gasteiger partial charge in [0.25, 0.3) is 0 Å². The Labute approximate surface area is 89.1 Å². The molecule has 15 heavy (non-hydrogen) atoms. The molecule has 0 aliphatic rings. The first-order valence-electron chi connectivity index (χ1n) is 5.05. The molecule has 82 valence electrons. The zero-order chi connectivity index (χ0) is 11.3. The number of ether oxygens (including phenoxy) is 1. The summed E-state index contributed by atoms with van der Waals surface area (Å²) in [5, 5.41) is 0. The highest BCUT2D eigenvalue weighted by Crippen LogP contribution is 2.22. The van der Waals surface area contributed by atoms with Crippen molar-refractivity contribution in [3.05, 3.63) is 35.1 Å². The second kappa shape index (κ2) is 5.61. The lowest BCUT2D eigenvalue weighted by Crippen LogP contribution is -2.05. The lowest BCUT2D eigenvalue weighted by atomic mass is 10.0. The van der Waals surface area contributed by atoms with Crippen LogP contribution in [0.1, 0.15) is 42.3 Å². The SMILES string of the molecule is CCCOC(C)c1cccc(F)c1C=O. The number of halogens is 1. The van der Waals surface area contributed by atoms with E-state index in [-0.39, 0.29) is 11.7 Å². The van der Waals surface area contributed by atoms with Gasteiger partial charge in [-0.2, -0.15) is 0 Å². The van der Waals surface area contributed by atoms with Crippen LogP contribution in [0.3, 0.4) is 0 Å². The van der Waals surface area contributed by atoms with E-state index in [1.807, 2.05) is 13.8 Å². The Bertz CT molecular complexity index is 336. The fourth-order valence-electron chi connectivity index (χ4n) is 1.42. The maximum Gasteiger partial charge on any atom is 0.153 e. The van der Waals surface area contributed by atoms with Crippen LogP contribution in [0.2, 0.25) is 0 Å². The summed E-state index contributed by atoms with van der Waals surface area (Å²) in [6.07, 6.45) is 1.19. The summed E-state index contributed by atoms with van der Waals surface area (Å²) in [5.41, 5.74) is 0.708. The van der Waals surface area contributed by atoms with E-state index in [0.29, 0.717) is 18.5 Å². The summed E-state index contributed by atoms with van der Waals surface area (Å²) in [7, 11) is 0. The number of rotatable bonds is 5. The van der Waals surface area contributed by atoms with E-state index in [2.05, 4.69) is 0 Å². The predicted octanol–water partition coefficient (Wildman–Crippen LogP) is 3.13. The fraction of sp³-hybridized carbons (Fsp3) is 0.417. The van der Waals surface area contributed by atoms with Crippen LogP contribution in [-0.2, 0) is 4.74 Å². The van der Waals surface area contributed by atoms with Crippen molar-refractivity contribution in [2.45, 2.75) is 26.4 Å². The van der Waals surface area contributed by atoms with Crippen molar-refractivity contribution >= 4 is 6.29 Å². The minimum atomic E-state index is -0.491. The third kappa shape index (κ3) is 2.86. The molecular weight excluding hydrogens is 195 g/mol. The van der Waals surface area contributed by atoms with Gasteiger partial charge in [0, 0.05) is 6.61 Å². The molecule has 0 saturated heterocycles. The summed E-state index contributed by atoms with van der Waals surface area (Å²) in [6.45, 7) is 4.42. The Morgan fingerprint density at radius 3 is 2.87 bits per heavy atom. The van der Waals surface area contributed by atoms with Gasteiger partial charge in [0.2, 0.25) is 0 Å². The monoisotopic (exact) mass is 210 g/mol. The molecule has 0 spiro atoms. The maximum atomic E-state index is 13.2. The first-order chi connectivity index (χ1) is 7.20. The number of hydrogen-bond donors (Lipinski definition) is 0. The van der Waals surface area contributed by atoms with Crippen molar-refractivity contribution in [1.29, 1.82) is 0 Å². The van der Waals surface area contributed by atoms with Crippen LogP contribution in [0.5, 0.6) is 0 Å². The third-order valence-electron chi connectivity index (χ3n) is 2.21. The van der Waals surface area contributed by atoms with Crippen molar-refractivity contribution < 1.29 is 13.9 Å². The molecule has 0 aliphatic carbocycles. The molecule has 0 heterocycles. The largest absolute Gasteiger partial charge is 0.374 e. The molecule has 0 aliphatic heterocycles. The Hall–Kier alpha value is -1.22. The molecule has 0 saturated carbocycles. The molecular formula is C12H15FO2. The van der Waals surface area contributed by atoms with Crippen molar-refractivity contribution in [1.82, 2.24) is 0 Å². The van der Waals surface area contributed by atoms with Crippen LogP contribution in [0, 0.1) is 5.82 Å². The van der Waals surface area contributed by atoms with Gasteiger partial charge in [-0.1, -0.05) is 19.1 Å². The van der Waals surface area contributed by atoms with Gasteiger partial charge in [-0.15, -0.1) is 0 Å². The van der Waals surface area contributed by atoms with E-state index >= 15 is 0 Å². The Morgan fingerprint density at radius 1 is 1.53 bits per heavy atom. The molecule has 0 N–H and O–H groups in total. The van der Waals surface area contributed by atoms with E-state index in [1.54, 1.807) is 12.1 Å². The van der Waals surface area contributed by atoms with Crippen LogP contribution in [0.4, 0.5) is 4.39 Å². The van der Waals surface area contributed by atoms with Crippen molar-refractivity contribution in [3.63, 3.8) is 0 Å². The fourth-order valence-corrected chi connectivity index (χ4v) is 1.42. The normalized spacial score (nSPS) is 12.5. The van der Waals surface area contributed by atoms with E-state index in [4.69, 9.17) is 4.74 Å². The summed E-state index contributed by atoms with van der Waals surface area (Å²) >= 11 is 0. The Morgan fingerprint density at radius 2 is 2.27 bits per heavy atom. The zero-order valence-electron chi connectivity index (χ0n) is 9.00. The average Bonchev–Trinajstić information content (AvgIpc) is 2.25. The topological polar surface area (TPSA) is 26.3 Å². The van der Waals surface area contributed by atoms with Gasteiger partial charge in [-0.25, -0.2) is 4.39 Å². The molecule has 2 nitrogen and oxygen atoms in total. The number of aldehydes is 1. The number of benzene rings is 1. The van der Waals surface area contributed by atoms with E-state index in [9.17, 15) is 9.18 Å². The zero-order valence-corrected chi connectivity index (χ0v) is 9.00. The lowest BCUT2D eigenvalue weighted by Gasteiger charge is -2.14. The smallest absolute Gasteiger partial charge is 0.153 e. The van der Waals surface area contributed by atoms with Crippen LogP contribution in [0.25, 0.3) is 0 Å². The molecule has 1 aromatic rings. The molecule has 0 radical (unpaired) electrons. The Balaban J connectivity index is 2.92. The molecule has 0 amide bonds. The van der Waals surface area contributed by atoms with Gasteiger partial charge in [-0.3, -0.25) is 4.79 Å². The van der Waals surface area contributed by atoms with Gasteiger partial charge in [0.05, 0.1) is 11.7 Å². The number of carbonyl (C=O) groups excluding carboxylic acids is 1. The molecule has 1 unspecified atom stereocenters. The number of hydrogen-bond acceptors (Lipinski definition) is 2. The van der Waals surface area contributed by atoms with Crippen molar-refractivity contribution in [3.8, 4) is 0 Å². The quantitative estimate of drug-likeness (QED) is 0.698. The second-order valence-electron chi connectivity index (χ2n) is 3.37.